The highest BCUT2D eigenvalue weighted by Crippen LogP contribution is 2.25. The maximum atomic E-state index is 8.85. The molecule has 0 amide bonds. The number of rotatable bonds is 6. The standard InChI is InChI=1S/C18H24N4OS/c1-14-5-6-17(20-18(14)16-4-2-3-9-19-16)22-10-7-15(8-11-22)21-24-13-12-23/h2-6,9,15,21,23H,7-8,10-13H2,1H3. The quantitative estimate of drug-likeness (QED) is 0.620. The second-order valence-electron chi connectivity index (χ2n) is 6.00. The molecule has 0 bridgehead atoms. The van der Waals surface area contributed by atoms with Gasteiger partial charge in [-0.25, -0.2) is 4.98 Å². The van der Waals surface area contributed by atoms with Gasteiger partial charge in [0, 0.05) is 31.1 Å². The molecule has 3 heterocycles. The number of aromatic nitrogens is 2. The largest absolute Gasteiger partial charge is 0.395 e. The molecule has 0 radical (unpaired) electrons. The number of piperidine rings is 1. The van der Waals surface area contributed by atoms with Crippen molar-refractivity contribution >= 4 is 17.8 Å². The Balaban J connectivity index is 1.66. The smallest absolute Gasteiger partial charge is 0.129 e. The molecular weight excluding hydrogens is 320 g/mol. The van der Waals surface area contributed by atoms with Crippen LogP contribution in [-0.2, 0) is 0 Å². The highest BCUT2D eigenvalue weighted by molar-refractivity contribution is 7.97. The third kappa shape index (κ3) is 4.26. The second-order valence-corrected chi connectivity index (χ2v) is 6.93. The minimum absolute atomic E-state index is 0.222. The van der Waals surface area contributed by atoms with Crippen LogP contribution >= 0.6 is 11.9 Å². The number of aryl methyl sites for hydroxylation is 1. The van der Waals surface area contributed by atoms with Crippen LogP contribution in [-0.4, -0.2) is 46.6 Å². The number of hydrogen-bond donors (Lipinski definition) is 2. The van der Waals surface area contributed by atoms with Gasteiger partial charge in [-0.3, -0.25) is 9.71 Å². The molecule has 2 aromatic heterocycles. The van der Waals surface area contributed by atoms with E-state index < -0.39 is 0 Å². The first-order valence-corrected chi connectivity index (χ1v) is 9.38. The Morgan fingerprint density at radius 2 is 2.08 bits per heavy atom. The molecule has 0 saturated carbocycles. The van der Waals surface area contributed by atoms with Crippen LogP contribution in [0.1, 0.15) is 18.4 Å². The van der Waals surface area contributed by atoms with E-state index >= 15 is 0 Å². The number of nitrogens with one attached hydrogen (secondary N) is 1. The summed E-state index contributed by atoms with van der Waals surface area (Å²) < 4.78 is 3.44. The van der Waals surface area contributed by atoms with E-state index in [0.29, 0.717) is 6.04 Å². The van der Waals surface area contributed by atoms with E-state index in [9.17, 15) is 0 Å². The molecule has 6 heteroatoms. The van der Waals surface area contributed by atoms with Gasteiger partial charge in [-0.2, -0.15) is 0 Å². The number of pyridine rings is 2. The summed E-state index contributed by atoms with van der Waals surface area (Å²) in [7, 11) is 0. The maximum absolute atomic E-state index is 8.85. The maximum Gasteiger partial charge on any atom is 0.129 e. The summed E-state index contributed by atoms with van der Waals surface area (Å²) in [6.45, 7) is 4.29. The minimum Gasteiger partial charge on any atom is -0.395 e. The van der Waals surface area contributed by atoms with Crippen molar-refractivity contribution in [2.45, 2.75) is 25.8 Å². The molecule has 3 rings (SSSR count). The van der Waals surface area contributed by atoms with E-state index in [4.69, 9.17) is 10.1 Å². The van der Waals surface area contributed by atoms with Crippen molar-refractivity contribution in [3.05, 3.63) is 42.1 Å². The van der Waals surface area contributed by atoms with Crippen LogP contribution in [0.25, 0.3) is 11.4 Å². The van der Waals surface area contributed by atoms with Crippen molar-refractivity contribution < 1.29 is 5.11 Å². The second kappa shape index (κ2) is 8.46. The fourth-order valence-corrected chi connectivity index (χ4v) is 3.59. The monoisotopic (exact) mass is 344 g/mol. The number of aliphatic hydroxyl groups excluding tert-OH is 1. The zero-order valence-corrected chi connectivity index (χ0v) is 14.8. The molecule has 0 atom stereocenters. The van der Waals surface area contributed by atoms with Crippen LogP contribution < -0.4 is 9.62 Å². The normalized spacial score (nSPS) is 15.7. The van der Waals surface area contributed by atoms with Gasteiger partial charge in [0.1, 0.15) is 5.82 Å². The molecule has 2 N–H and O–H groups in total. The molecule has 1 saturated heterocycles. The summed E-state index contributed by atoms with van der Waals surface area (Å²) in [5, 5.41) is 8.85. The lowest BCUT2D eigenvalue weighted by Crippen LogP contribution is -2.41. The molecule has 0 spiro atoms. The molecule has 0 aliphatic carbocycles. The SMILES string of the molecule is Cc1ccc(N2CCC(NSCCO)CC2)nc1-c1ccccn1. The van der Waals surface area contributed by atoms with Gasteiger partial charge in [0.05, 0.1) is 18.0 Å². The summed E-state index contributed by atoms with van der Waals surface area (Å²) in [5.74, 6) is 1.77. The highest BCUT2D eigenvalue weighted by atomic mass is 32.2. The zero-order chi connectivity index (χ0) is 16.8. The van der Waals surface area contributed by atoms with Crippen LogP contribution in [0.5, 0.6) is 0 Å². The summed E-state index contributed by atoms with van der Waals surface area (Å²) in [5.41, 5.74) is 3.04. The van der Waals surface area contributed by atoms with Gasteiger partial charge >= 0.3 is 0 Å². The predicted octanol–water partition coefficient (Wildman–Crippen LogP) is 2.65. The van der Waals surface area contributed by atoms with Crippen LogP contribution in [0.15, 0.2) is 36.5 Å². The van der Waals surface area contributed by atoms with E-state index in [1.165, 1.54) is 0 Å². The van der Waals surface area contributed by atoms with Gasteiger partial charge in [0.15, 0.2) is 0 Å². The average molecular weight is 344 g/mol. The fraction of sp³-hybridized carbons (Fsp3) is 0.444. The fourth-order valence-electron chi connectivity index (χ4n) is 2.91. The van der Waals surface area contributed by atoms with Crippen molar-refractivity contribution in [1.82, 2.24) is 14.7 Å². The first-order chi connectivity index (χ1) is 11.8. The lowest BCUT2D eigenvalue weighted by Gasteiger charge is -2.33. The lowest BCUT2D eigenvalue weighted by atomic mass is 10.1. The molecule has 2 aromatic rings. The van der Waals surface area contributed by atoms with Crippen LogP contribution in [0, 0.1) is 6.92 Å². The predicted molar refractivity (Wildman–Crippen MR) is 100 cm³/mol. The lowest BCUT2D eigenvalue weighted by molar-refractivity contribution is 0.322. The van der Waals surface area contributed by atoms with Crippen molar-refractivity contribution in [1.29, 1.82) is 0 Å². The third-order valence-corrected chi connectivity index (χ3v) is 5.14. The van der Waals surface area contributed by atoms with Crippen molar-refractivity contribution in [3.8, 4) is 11.4 Å². The Morgan fingerprint density at radius 3 is 2.79 bits per heavy atom. The number of aliphatic hydroxyl groups is 1. The summed E-state index contributed by atoms with van der Waals surface area (Å²) in [4.78, 5) is 11.7. The first kappa shape index (κ1) is 17.2. The van der Waals surface area contributed by atoms with Crippen molar-refractivity contribution in [2.24, 2.45) is 0 Å². The minimum atomic E-state index is 0.222. The van der Waals surface area contributed by atoms with Crippen LogP contribution in [0.4, 0.5) is 5.82 Å². The molecule has 128 valence electrons. The van der Waals surface area contributed by atoms with Crippen molar-refractivity contribution in [2.75, 3.05) is 30.3 Å². The summed E-state index contributed by atoms with van der Waals surface area (Å²) in [6, 6.07) is 10.7. The van der Waals surface area contributed by atoms with E-state index in [1.807, 2.05) is 24.4 Å². The Bertz CT molecular complexity index is 645. The third-order valence-electron chi connectivity index (χ3n) is 4.25. The highest BCUT2D eigenvalue weighted by Gasteiger charge is 2.20. The van der Waals surface area contributed by atoms with E-state index in [-0.39, 0.29) is 6.61 Å². The molecule has 1 aliphatic heterocycles. The first-order valence-electron chi connectivity index (χ1n) is 8.40. The van der Waals surface area contributed by atoms with E-state index in [2.05, 4.69) is 33.7 Å². The van der Waals surface area contributed by atoms with Gasteiger partial charge in [-0.15, -0.1) is 0 Å². The topological polar surface area (TPSA) is 61.3 Å². The number of nitrogens with zero attached hydrogens (tertiary/aromatic N) is 3. The Labute approximate surface area is 147 Å². The Kier molecular flexibility index (Phi) is 6.07. The van der Waals surface area contributed by atoms with Gasteiger partial charge in [-0.05, 0) is 43.5 Å². The van der Waals surface area contributed by atoms with Gasteiger partial charge < -0.3 is 10.0 Å². The molecular formula is C18H24N4OS. The summed E-state index contributed by atoms with van der Waals surface area (Å²) in [6.07, 6.45) is 3.99. The Morgan fingerprint density at radius 1 is 1.25 bits per heavy atom. The van der Waals surface area contributed by atoms with E-state index in [1.54, 1.807) is 11.9 Å². The van der Waals surface area contributed by atoms with Gasteiger partial charge in [0.2, 0.25) is 0 Å². The number of hydrogen-bond acceptors (Lipinski definition) is 6. The van der Waals surface area contributed by atoms with Crippen molar-refractivity contribution in [3.63, 3.8) is 0 Å². The molecule has 0 aromatic carbocycles. The average Bonchev–Trinajstić information content (AvgIpc) is 2.64. The molecule has 1 fully saturated rings. The summed E-state index contributed by atoms with van der Waals surface area (Å²) >= 11 is 1.62. The van der Waals surface area contributed by atoms with Crippen LogP contribution in [0.3, 0.4) is 0 Å². The molecule has 1 aliphatic rings. The number of anilines is 1. The van der Waals surface area contributed by atoms with Crippen LogP contribution in [0.2, 0.25) is 0 Å². The van der Waals surface area contributed by atoms with E-state index in [0.717, 1.165) is 54.5 Å². The Hall–Kier alpha value is -1.63. The zero-order valence-electron chi connectivity index (χ0n) is 14.0. The molecule has 24 heavy (non-hydrogen) atoms. The van der Waals surface area contributed by atoms with Gasteiger partial charge in [0.25, 0.3) is 0 Å². The molecule has 5 nitrogen and oxygen atoms in total. The molecule has 0 unspecified atom stereocenters. The van der Waals surface area contributed by atoms with Gasteiger partial charge in [-0.1, -0.05) is 24.1 Å².